The number of benzene rings is 2. The van der Waals surface area contributed by atoms with Gasteiger partial charge in [-0.2, -0.15) is 36.5 Å². The van der Waals surface area contributed by atoms with Crippen LogP contribution in [0.5, 0.6) is 0 Å². The lowest BCUT2D eigenvalue weighted by molar-refractivity contribution is -0.142. The molecule has 0 atom stereocenters. The first kappa shape index (κ1) is 25.2. The van der Waals surface area contributed by atoms with E-state index in [-0.39, 0.29) is 29.7 Å². The fourth-order valence-electron chi connectivity index (χ4n) is 3.83. The molecule has 0 aliphatic carbocycles. The van der Waals surface area contributed by atoms with Gasteiger partial charge in [0.1, 0.15) is 17.3 Å². The number of aromatic nitrogens is 5. The van der Waals surface area contributed by atoms with Crippen LogP contribution in [0.2, 0.25) is 0 Å². The molecule has 0 unspecified atom stereocenters. The zero-order chi connectivity index (χ0) is 27.2. The number of fused-ring (bicyclic) bond motifs is 1. The standard InChI is InChI=1S/C25H13F8N5/c26-17-2-1-3-18(27)22(17)23-34-20-8-9-38(12-21(20)35-23)11-14-5-7-19(37-36-14)15-6-4-13(24(28,29)30)10-16(15)25(31,32)33/h1-10,12H,11H2. The van der Waals surface area contributed by atoms with E-state index in [0.29, 0.717) is 29.2 Å². The van der Waals surface area contributed by atoms with Crippen LogP contribution in [0.4, 0.5) is 35.1 Å². The minimum absolute atomic E-state index is 0.0400. The van der Waals surface area contributed by atoms with E-state index in [9.17, 15) is 35.1 Å². The molecule has 2 aromatic carbocycles. The molecule has 0 spiro atoms. The monoisotopic (exact) mass is 535 g/mol. The molecule has 3 aromatic rings. The second-order valence-corrected chi connectivity index (χ2v) is 8.20. The maximum Gasteiger partial charge on any atom is 0.417 e. The average molecular weight is 535 g/mol. The minimum atomic E-state index is -5.05. The first-order chi connectivity index (χ1) is 17.9. The lowest BCUT2D eigenvalue weighted by atomic mass is 10.00. The summed E-state index contributed by atoms with van der Waals surface area (Å²) < 4.78 is 109. The maximum atomic E-state index is 14.1. The summed E-state index contributed by atoms with van der Waals surface area (Å²) in [6.07, 6.45) is -6.86. The number of imidazole rings is 1. The Balaban J connectivity index is 1.42. The molecule has 0 saturated heterocycles. The van der Waals surface area contributed by atoms with Crippen LogP contribution in [0.15, 0.2) is 67.0 Å². The third-order valence-corrected chi connectivity index (χ3v) is 5.61. The lowest BCUT2D eigenvalue weighted by Crippen LogP contribution is -2.12. The molecule has 5 rings (SSSR count). The van der Waals surface area contributed by atoms with Gasteiger partial charge < -0.3 is 4.57 Å². The largest absolute Gasteiger partial charge is 0.417 e. The van der Waals surface area contributed by atoms with E-state index >= 15 is 0 Å². The van der Waals surface area contributed by atoms with Gasteiger partial charge in [-0.05, 0) is 42.5 Å². The van der Waals surface area contributed by atoms with Crippen LogP contribution in [0.1, 0.15) is 16.8 Å². The molecule has 2 aliphatic heterocycles. The molecule has 0 bridgehead atoms. The third kappa shape index (κ3) is 4.91. The van der Waals surface area contributed by atoms with E-state index in [1.807, 2.05) is 0 Å². The number of alkyl halides is 6. The molecule has 5 nitrogen and oxygen atoms in total. The van der Waals surface area contributed by atoms with Crippen molar-refractivity contribution >= 4 is 0 Å². The van der Waals surface area contributed by atoms with Crippen LogP contribution < -0.4 is 0 Å². The van der Waals surface area contributed by atoms with Gasteiger partial charge in [0.25, 0.3) is 0 Å². The first-order valence-electron chi connectivity index (χ1n) is 10.8. The van der Waals surface area contributed by atoms with Crippen LogP contribution >= 0.6 is 0 Å². The second-order valence-electron chi connectivity index (χ2n) is 8.20. The van der Waals surface area contributed by atoms with Crippen molar-refractivity contribution in [2.24, 2.45) is 0 Å². The van der Waals surface area contributed by atoms with E-state index in [0.717, 1.165) is 12.1 Å². The number of hydrogen-bond acceptors (Lipinski definition) is 4. The molecule has 0 saturated carbocycles. The van der Waals surface area contributed by atoms with Crippen LogP contribution in [0.3, 0.4) is 0 Å². The Bertz CT molecular complexity index is 1570. The van der Waals surface area contributed by atoms with Crippen molar-refractivity contribution < 1.29 is 35.1 Å². The Labute approximate surface area is 208 Å². The SMILES string of the molecule is Fc1cccc(F)c1-c1nc2ccn(Cc3ccc(-c4ccc(C(F)(F)F)cc4C(F)(F)F)nn3)cc-2n1. The van der Waals surface area contributed by atoms with E-state index < -0.39 is 40.7 Å². The first-order valence-corrected chi connectivity index (χ1v) is 10.8. The van der Waals surface area contributed by atoms with E-state index in [1.54, 1.807) is 16.8 Å². The zero-order valence-corrected chi connectivity index (χ0v) is 18.8. The van der Waals surface area contributed by atoms with Gasteiger partial charge in [-0.3, -0.25) is 0 Å². The van der Waals surface area contributed by atoms with Gasteiger partial charge in [0.2, 0.25) is 0 Å². The van der Waals surface area contributed by atoms with Gasteiger partial charge in [0, 0.05) is 18.0 Å². The fourth-order valence-corrected chi connectivity index (χ4v) is 3.83. The number of halogens is 8. The highest BCUT2D eigenvalue weighted by Crippen LogP contribution is 2.40. The van der Waals surface area contributed by atoms with Gasteiger partial charge in [0.05, 0.1) is 40.3 Å². The summed E-state index contributed by atoms with van der Waals surface area (Å²) >= 11 is 0. The summed E-state index contributed by atoms with van der Waals surface area (Å²) in [4.78, 5) is 8.34. The average Bonchev–Trinajstić information content (AvgIpc) is 3.26. The summed E-state index contributed by atoms with van der Waals surface area (Å²) in [6, 6.07) is 8.86. The van der Waals surface area contributed by atoms with E-state index in [1.165, 1.54) is 24.4 Å². The molecule has 38 heavy (non-hydrogen) atoms. The molecular formula is C25H13F8N5. The number of rotatable bonds is 4. The quantitative estimate of drug-likeness (QED) is 0.236. The van der Waals surface area contributed by atoms with Gasteiger partial charge in [-0.25, -0.2) is 18.7 Å². The lowest BCUT2D eigenvalue weighted by Gasteiger charge is -2.15. The summed E-state index contributed by atoms with van der Waals surface area (Å²) in [7, 11) is 0. The predicted molar refractivity (Wildman–Crippen MR) is 119 cm³/mol. The minimum Gasteiger partial charge on any atom is -0.346 e. The van der Waals surface area contributed by atoms with Gasteiger partial charge in [-0.1, -0.05) is 12.1 Å². The molecular weight excluding hydrogens is 522 g/mol. The Morgan fingerprint density at radius 2 is 1.42 bits per heavy atom. The Kier molecular flexibility index (Phi) is 6.08. The van der Waals surface area contributed by atoms with Gasteiger partial charge in [0.15, 0.2) is 5.82 Å². The van der Waals surface area contributed by atoms with Crippen LogP contribution in [0, 0.1) is 11.6 Å². The van der Waals surface area contributed by atoms with E-state index in [2.05, 4.69) is 20.2 Å². The summed E-state index contributed by atoms with van der Waals surface area (Å²) in [6.45, 7) is 0.0958. The van der Waals surface area contributed by atoms with Crippen molar-refractivity contribution in [3.63, 3.8) is 0 Å². The van der Waals surface area contributed by atoms with Crippen molar-refractivity contribution in [2.75, 3.05) is 0 Å². The summed E-state index contributed by atoms with van der Waals surface area (Å²) in [5.74, 6) is -1.76. The zero-order valence-electron chi connectivity index (χ0n) is 18.8. The summed E-state index contributed by atoms with van der Waals surface area (Å²) in [5, 5.41) is 7.69. The van der Waals surface area contributed by atoms with Gasteiger partial charge in [-0.15, -0.1) is 0 Å². The Morgan fingerprint density at radius 1 is 0.711 bits per heavy atom. The van der Waals surface area contributed by atoms with Crippen molar-refractivity contribution in [1.29, 1.82) is 0 Å². The molecule has 3 heterocycles. The van der Waals surface area contributed by atoms with E-state index in [4.69, 9.17) is 0 Å². The molecule has 13 heteroatoms. The summed E-state index contributed by atoms with van der Waals surface area (Å²) in [5.41, 5.74) is -3.05. The molecule has 0 N–H and O–H groups in total. The molecule has 0 radical (unpaired) electrons. The Hall–Kier alpha value is -4.42. The molecule has 2 aliphatic rings. The smallest absolute Gasteiger partial charge is 0.346 e. The van der Waals surface area contributed by atoms with Crippen LogP contribution in [0.25, 0.3) is 34.0 Å². The molecule has 0 amide bonds. The third-order valence-electron chi connectivity index (χ3n) is 5.61. The molecule has 1 aromatic heterocycles. The van der Waals surface area contributed by atoms with Crippen molar-refractivity contribution in [2.45, 2.75) is 18.9 Å². The number of hydrogen-bond donors (Lipinski definition) is 0. The van der Waals surface area contributed by atoms with Crippen molar-refractivity contribution in [1.82, 2.24) is 24.7 Å². The maximum absolute atomic E-state index is 14.1. The highest BCUT2D eigenvalue weighted by atomic mass is 19.4. The number of nitrogens with zero attached hydrogens (tertiary/aromatic N) is 5. The topological polar surface area (TPSA) is 56.5 Å². The highest BCUT2D eigenvalue weighted by Gasteiger charge is 2.38. The fraction of sp³-hybridized carbons (Fsp3) is 0.120. The van der Waals surface area contributed by atoms with Crippen LogP contribution in [-0.2, 0) is 18.9 Å². The van der Waals surface area contributed by atoms with Crippen molar-refractivity contribution in [3.8, 4) is 34.0 Å². The van der Waals surface area contributed by atoms with Crippen molar-refractivity contribution in [3.05, 3.63) is 95.4 Å². The second kappa shape index (κ2) is 9.15. The molecule has 194 valence electrons. The molecule has 0 fully saturated rings. The normalized spacial score (nSPS) is 12.3. The Morgan fingerprint density at radius 3 is 2.05 bits per heavy atom. The van der Waals surface area contributed by atoms with Gasteiger partial charge >= 0.3 is 12.4 Å². The predicted octanol–water partition coefficient (Wildman–Crippen LogP) is 6.87. The number of pyridine rings is 1. The van der Waals surface area contributed by atoms with Crippen LogP contribution in [-0.4, -0.2) is 24.7 Å². The highest BCUT2D eigenvalue weighted by molar-refractivity contribution is 5.67.